The van der Waals surface area contributed by atoms with Crippen LogP contribution < -0.4 is 11.1 Å². The molecule has 8 nitrogen and oxygen atoms in total. The van der Waals surface area contributed by atoms with Crippen LogP contribution in [0.15, 0.2) is 52.0 Å². The van der Waals surface area contributed by atoms with E-state index in [0.29, 0.717) is 5.69 Å². The van der Waals surface area contributed by atoms with Gasteiger partial charge in [-0.05, 0) is 40.8 Å². The van der Waals surface area contributed by atoms with Crippen molar-refractivity contribution in [2.75, 3.05) is 5.32 Å². The normalized spacial score (nSPS) is 10.5. The van der Waals surface area contributed by atoms with E-state index in [0.717, 1.165) is 8.14 Å². The monoisotopic (exact) mass is 423 g/mol. The molecule has 9 heteroatoms. The Morgan fingerprint density at radius 1 is 1.22 bits per heavy atom. The highest BCUT2D eigenvalue weighted by atomic mass is 127. The molecular formula is C14H10IN5O3. The number of nitrogens with one attached hydrogen (secondary N) is 1. The predicted molar refractivity (Wildman–Crippen MR) is 89.6 cm³/mol. The Morgan fingerprint density at radius 2 is 1.96 bits per heavy atom. The lowest BCUT2D eigenvalue weighted by molar-refractivity contribution is -0.116. The van der Waals surface area contributed by atoms with Gasteiger partial charge < -0.3 is 5.32 Å². The molecule has 0 unspecified atom stereocenters. The van der Waals surface area contributed by atoms with Crippen LogP contribution in [0.2, 0.25) is 0 Å². The van der Waals surface area contributed by atoms with Crippen molar-refractivity contribution in [1.29, 1.82) is 0 Å². The highest BCUT2D eigenvalue weighted by Crippen LogP contribution is 2.17. The molecule has 0 aliphatic rings. The van der Waals surface area contributed by atoms with Crippen LogP contribution in [-0.2, 0) is 11.3 Å². The molecule has 0 bridgehead atoms. The standard InChI is InChI=1S/C14H10IN5O3/c15-9-4-1-2-5-10(9)18-11(21)8-20-13(19-23-14(20)22)12-16-6-3-7-17-12/h1-7H,8H2,(H,18,21). The van der Waals surface area contributed by atoms with E-state index in [1.807, 2.05) is 18.2 Å². The Kier molecular flexibility index (Phi) is 4.46. The number of amides is 1. The Morgan fingerprint density at radius 3 is 2.70 bits per heavy atom. The Hall–Kier alpha value is -2.56. The van der Waals surface area contributed by atoms with Gasteiger partial charge in [0.2, 0.25) is 11.7 Å². The van der Waals surface area contributed by atoms with Gasteiger partial charge in [-0.15, -0.1) is 0 Å². The molecule has 0 aliphatic carbocycles. The van der Waals surface area contributed by atoms with Crippen molar-refractivity contribution in [3.63, 3.8) is 0 Å². The molecule has 116 valence electrons. The van der Waals surface area contributed by atoms with Gasteiger partial charge >= 0.3 is 5.76 Å². The van der Waals surface area contributed by atoms with Crippen LogP contribution in [-0.4, -0.2) is 25.6 Å². The van der Waals surface area contributed by atoms with Crippen LogP contribution in [0.5, 0.6) is 0 Å². The SMILES string of the molecule is O=C(Cn1c(-c2ncccn2)noc1=O)Nc1ccccc1I. The average molecular weight is 423 g/mol. The smallest absolute Gasteiger partial charge is 0.324 e. The highest BCUT2D eigenvalue weighted by molar-refractivity contribution is 14.1. The van der Waals surface area contributed by atoms with E-state index in [2.05, 4.69) is 47.6 Å². The Balaban J connectivity index is 1.84. The van der Waals surface area contributed by atoms with Crippen LogP contribution in [0, 0.1) is 3.57 Å². The van der Waals surface area contributed by atoms with Crippen molar-refractivity contribution in [1.82, 2.24) is 19.7 Å². The molecule has 0 fully saturated rings. The summed E-state index contributed by atoms with van der Waals surface area (Å²) in [6.45, 7) is -0.249. The number of halogens is 1. The molecule has 1 amide bonds. The van der Waals surface area contributed by atoms with Gasteiger partial charge in [-0.3, -0.25) is 9.32 Å². The third-order valence-corrected chi connectivity index (χ3v) is 3.84. The minimum absolute atomic E-state index is 0.105. The van der Waals surface area contributed by atoms with Crippen LogP contribution in [0.25, 0.3) is 11.6 Å². The highest BCUT2D eigenvalue weighted by Gasteiger charge is 2.18. The van der Waals surface area contributed by atoms with Gasteiger partial charge in [-0.2, -0.15) is 0 Å². The van der Waals surface area contributed by atoms with Crippen molar-refractivity contribution in [3.8, 4) is 11.6 Å². The third kappa shape index (κ3) is 3.44. The average Bonchev–Trinajstić information content (AvgIpc) is 2.91. The summed E-state index contributed by atoms with van der Waals surface area (Å²) in [6.07, 6.45) is 3.02. The van der Waals surface area contributed by atoms with E-state index in [-0.39, 0.29) is 24.1 Å². The van der Waals surface area contributed by atoms with Gasteiger partial charge in [0, 0.05) is 16.0 Å². The molecule has 2 aromatic heterocycles. The maximum atomic E-state index is 12.2. The van der Waals surface area contributed by atoms with Gasteiger partial charge in [-0.25, -0.2) is 19.3 Å². The number of hydrogen-bond acceptors (Lipinski definition) is 6. The number of anilines is 1. The molecule has 0 aliphatic heterocycles. The van der Waals surface area contributed by atoms with Crippen molar-refractivity contribution in [3.05, 3.63) is 56.8 Å². The fourth-order valence-electron chi connectivity index (χ4n) is 1.88. The zero-order valence-corrected chi connectivity index (χ0v) is 13.8. The van der Waals surface area contributed by atoms with Crippen LogP contribution >= 0.6 is 22.6 Å². The first-order valence-electron chi connectivity index (χ1n) is 6.53. The summed E-state index contributed by atoms with van der Waals surface area (Å²) in [7, 11) is 0. The summed E-state index contributed by atoms with van der Waals surface area (Å²) in [5, 5.41) is 6.37. The second-order valence-corrected chi connectivity index (χ2v) is 5.62. The molecule has 0 saturated heterocycles. The van der Waals surface area contributed by atoms with E-state index < -0.39 is 5.76 Å². The number of para-hydroxylation sites is 1. The molecule has 1 aromatic carbocycles. The van der Waals surface area contributed by atoms with Gasteiger partial charge in [0.25, 0.3) is 0 Å². The molecule has 1 N–H and O–H groups in total. The first kappa shape index (κ1) is 15.3. The molecular weight excluding hydrogens is 413 g/mol. The summed E-state index contributed by atoms with van der Waals surface area (Å²) in [4.78, 5) is 32.0. The van der Waals surface area contributed by atoms with Gasteiger partial charge in [0.1, 0.15) is 6.54 Å². The lowest BCUT2D eigenvalue weighted by Gasteiger charge is -2.07. The minimum atomic E-state index is -0.745. The van der Waals surface area contributed by atoms with E-state index >= 15 is 0 Å². The maximum Gasteiger partial charge on any atom is 0.442 e. The first-order chi connectivity index (χ1) is 11.1. The number of aromatic nitrogens is 4. The van der Waals surface area contributed by atoms with E-state index in [9.17, 15) is 9.59 Å². The number of carbonyl (C=O) groups excluding carboxylic acids is 1. The minimum Gasteiger partial charge on any atom is -0.324 e. The molecule has 23 heavy (non-hydrogen) atoms. The Bertz CT molecular complexity index is 891. The van der Waals surface area contributed by atoms with Crippen molar-refractivity contribution < 1.29 is 9.32 Å². The molecule has 2 heterocycles. The fraction of sp³-hybridized carbons (Fsp3) is 0.0714. The van der Waals surface area contributed by atoms with E-state index in [1.54, 1.807) is 12.1 Å². The number of carbonyl (C=O) groups is 1. The maximum absolute atomic E-state index is 12.2. The molecule has 0 spiro atoms. The number of benzene rings is 1. The molecule has 0 radical (unpaired) electrons. The Labute approximate surface area is 143 Å². The first-order valence-corrected chi connectivity index (χ1v) is 7.61. The van der Waals surface area contributed by atoms with E-state index in [1.165, 1.54) is 12.4 Å². The largest absolute Gasteiger partial charge is 0.442 e. The summed E-state index contributed by atoms with van der Waals surface area (Å²) in [5.74, 6) is -0.809. The number of nitrogens with zero attached hydrogens (tertiary/aromatic N) is 4. The second kappa shape index (κ2) is 6.69. The zero-order valence-electron chi connectivity index (χ0n) is 11.6. The van der Waals surface area contributed by atoms with Gasteiger partial charge in [0.05, 0.1) is 5.69 Å². The van der Waals surface area contributed by atoms with Gasteiger partial charge in [-0.1, -0.05) is 17.3 Å². The summed E-state index contributed by atoms with van der Waals surface area (Å²) < 4.78 is 6.60. The fourth-order valence-corrected chi connectivity index (χ4v) is 2.40. The van der Waals surface area contributed by atoms with Crippen LogP contribution in [0.1, 0.15) is 0 Å². The quantitative estimate of drug-likeness (QED) is 0.639. The third-order valence-electron chi connectivity index (χ3n) is 2.90. The van der Waals surface area contributed by atoms with Crippen LogP contribution in [0.4, 0.5) is 5.69 Å². The van der Waals surface area contributed by atoms with E-state index in [4.69, 9.17) is 0 Å². The second-order valence-electron chi connectivity index (χ2n) is 4.46. The van der Waals surface area contributed by atoms with Crippen molar-refractivity contribution in [2.45, 2.75) is 6.54 Å². The molecule has 3 rings (SSSR count). The molecule has 3 aromatic rings. The predicted octanol–water partition coefficient (Wildman–Crippen LogP) is 1.54. The zero-order chi connectivity index (χ0) is 16.2. The summed E-state index contributed by atoms with van der Waals surface area (Å²) >= 11 is 2.11. The molecule has 0 saturated carbocycles. The van der Waals surface area contributed by atoms with Crippen molar-refractivity contribution >= 4 is 34.2 Å². The number of hydrogen-bond donors (Lipinski definition) is 1. The number of rotatable bonds is 4. The topological polar surface area (TPSA) is 103 Å². The lowest BCUT2D eigenvalue weighted by atomic mass is 10.3. The van der Waals surface area contributed by atoms with Gasteiger partial charge in [0.15, 0.2) is 5.82 Å². The molecule has 0 atom stereocenters. The van der Waals surface area contributed by atoms with Crippen LogP contribution in [0.3, 0.4) is 0 Å². The summed E-state index contributed by atoms with van der Waals surface area (Å²) in [6, 6.07) is 8.96. The van der Waals surface area contributed by atoms with Crippen molar-refractivity contribution in [2.24, 2.45) is 0 Å². The lowest BCUT2D eigenvalue weighted by Crippen LogP contribution is -2.26. The summed E-state index contributed by atoms with van der Waals surface area (Å²) in [5.41, 5.74) is 0.667.